The Morgan fingerprint density at radius 1 is 1.24 bits per heavy atom. The molecule has 0 radical (unpaired) electrons. The molecule has 0 N–H and O–H groups in total. The molecule has 0 bridgehead atoms. The summed E-state index contributed by atoms with van der Waals surface area (Å²) in [6.45, 7) is 8.83. The number of aromatic nitrogens is 4. The standard InChI is InChI=1S/C25H30N6O3/c1-6-17-14-31(24-23-20(30(5)25(32)29-24)9-7-18(12-26)28-23)16(4)11-21(17)34-22-10-8-19(13-27-22)33-15(2)3/h7-10,13,15-17,21H,6,11,14H2,1-5H3/t16-,17-,21-/m1/s1. The van der Waals surface area contributed by atoms with Gasteiger partial charge in [0, 0.05) is 38.0 Å². The van der Waals surface area contributed by atoms with Gasteiger partial charge in [-0.1, -0.05) is 6.92 Å². The van der Waals surface area contributed by atoms with Gasteiger partial charge in [0.05, 0.1) is 17.8 Å². The Morgan fingerprint density at radius 3 is 2.68 bits per heavy atom. The van der Waals surface area contributed by atoms with Crippen molar-refractivity contribution in [2.75, 3.05) is 11.4 Å². The van der Waals surface area contributed by atoms with Crippen molar-refractivity contribution in [2.45, 2.75) is 58.8 Å². The highest BCUT2D eigenvalue weighted by Gasteiger charge is 2.36. The third-order valence-electron chi connectivity index (χ3n) is 6.26. The van der Waals surface area contributed by atoms with Crippen molar-refractivity contribution in [1.29, 1.82) is 5.26 Å². The lowest BCUT2D eigenvalue weighted by Gasteiger charge is -2.43. The molecule has 1 aliphatic heterocycles. The van der Waals surface area contributed by atoms with E-state index in [2.05, 4.69) is 39.8 Å². The Bertz CT molecular complexity index is 1260. The summed E-state index contributed by atoms with van der Waals surface area (Å²) in [5.41, 5.74) is 1.16. The van der Waals surface area contributed by atoms with E-state index in [9.17, 15) is 10.1 Å². The minimum Gasteiger partial charge on any atom is -0.489 e. The fraction of sp³-hybridized carbons (Fsp3) is 0.480. The monoisotopic (exact) mass is 462 g/mol. The second-order valence-corrected chi connectivity index (χ2v) is 9.01. The van der Waals surface area contributed by atoms with Gasteiger partial charge in [-0.15, -0.1) is 0 Å². The highest BCUT2D eigenvalue weighted by atomic mass is 16.5. The van der Waals surface area contributed by atoms with Crippen LogP contribution >= 0.6 is 0 Å². The third-order valence-corrected chi connectivity index (χ3v) is 6.26. The highest BCUT2D eigenvalue weighted by Crippen LogP contribution is 2.33. The molecule has 0 aliphatic carbocycles. The Balaban J connectivity index is 1.61. The summed E-state index contributed by atoms with van der Waals surface area (Å²) in [5, 5.41) is 9.34. The van der Waals surface area contributed by atoms with Crippen LogP contribution in [0.3, 0.4) is 0 Å². The fourth-order valence-electron chi connectivity index (χ4n) is 4.44. The smallest absolute Gasteiger partial charge is 0.349 e. The summed E-state index contributed by atoms with van der Waals surface area (Å²) in [6, 6.07) is 9.21. The number of nitriles is 1. The lowest BCUT2D eigenvalue weighted by Crippen LogP contribution is -2.51. The molecule has 3 atom stereocenters. The predicted molar refractivity (Wildman–Crippen MR) is 129 cm³/mol. The quantitative estimate of drug-likeness (QED) is 0.548. The third kappa shape index (κ3) is 4.67. The number of pyridine rings is 2. The van der Waals surface area contributed by atoms with Crippen molar-refractivity contribution >= 4 is 16.9 Å². The molecule has 1 saturated heterocycles. The Morgan fingerprint density at radius 2 is 2.03 bits per heavy atom. The predicted octanol–water partition coefficient (Wildman–Crippen LogP) is 3.45. The highest BCUT2D eigenvalue weighted by molar-refractivity contribution is 5.86. The minimum absolute atomic E-state index is 0.0268. The number of aryl methyl sites for hydroxylation is 1. The zero-order valence-corrected chi connectivity index (χ0v) is 20.2. The molecule has 3 aromatic rings. The molecule has 1 fully saturated rings. The van der Waals surface area contributed by atoms with Crippen LogP contribution in [0.5, 0.6) is 11.6 Å². The first-order chi connectivity index (χ1) is 16.3. The number of ether oxygens (including phenoxy) is 2. The lowest BCUT2D eigenvalue weighted by atomic mass is 9.88. The van der Waals surface area contributed by atoms with Gasteiger partial charge in [0.1, 0.15) is 29.1 Å². The second-order valence-electron chi connectivity index (χ2n) is 9.01. The topological polar surface area (TPSA) is 106 Å². The summed E-state index contributed by atoms with van der Waals surface area (Å²) >= 11 is 0. The summed E-state index contributed by atoms with van der Waals surface area (Å²) < 4.78 is 13.4. The van der Waals surface area contributed by atoms with Crippen LogP contribution in [0.25, 0.3) is 11.0 Å². The largest absolute Gasteiger partial charge is 0.489 e. The average Bonchev–Trinajstić information content (AvgIpc) is 2.82. The molecule has 3 aromatic heterocycles. The van der Waals surface area contributed by atoms with Crippen molar-refractivity contribution in [3.63, 3.8) is 0 Å². The molecule has 34 heavy (non-hydrogen) atoms. The first-order valence-electron chi connectivity index (χ1n) is 11.6. The number of nitrogens with zero attached hydrogens (tertiary/aromatic N) is 6. The maximum atomic E-state index is 12.6. The molecule has 9 heteroatoms. The van der Waals surface area contributed by atoms with Gasteiger partial charge in [-0.05, 0) is 45.4 Å². The fourth-order valence-corrected chi connectivity index (χ4v) is 4.44. The Hall–Kier alpha value is -3.67. The van der Waals surface area contributed by atoms with Gasteiger partial charge in [-0.2, -0.15) is 10.2 Å². The molecule has 0 amide bonds. The summed E-state index contributed by atoms with van der Waals surface area (Å²) in [7, 11) is 1.66. The molecule has 9 nitrogen and oxygen atoms in total. The average molecular weight is 463 g/mol. The number of anilines is 1. The van der Waals surface area contributed by atoms with E-state index in [-0.39, 0.29) is 29.9 Å². The second kappa shape index (κ2) is 9.67. The molecule has 0 aromatic carbocycles. The van der Waals surface area contributed by atoms with Crippen molar-refractivity contribution in [2.24, 2.45) is 13.0 Å². The molecule has 0 saturated carbocycles. The van der Waals surface area contributed by atoms with Gasteiger partial charge in [0.25, 0.3) is 0 Å². The number of hydrogen-bond acceptors (Lipinski definition) is 8. The number of hydrogen-bond donors (Lipinski definition) is 0. The van der Waals surface area contributed by atoms with Crippen molar-refractivity contribution in [3.05, 3.63) is 46.6 Å². The number of fused-ring (bicyclic) bond motifs is 1. The molecule has 178 valence electrons. The molecular formula is C25H30N6O3. The minimum atomic E-state index is -0.347. The van der Waals surface area contributed by atoms with E-state index in [0.717, 1.165) is 12.8 Å². The Kier molecular flexibility index (Phi) is 6.68. The summed E-state index contributed by atoms with van der Waals surface area (Å²) in [6.07, 6.45) is 3.37. The molecule has 0 unspecified atom stereocenters. The van der Waals surface area contributed by atoms with Crippen molar-refractivity contribution < 1.29 is 9.47 Å². The van der Waals surface area contributed by atoms with E-state index in [4.69, 9.17) is 9.47 Å². The van der Waals surface area contributed by atoms with Crippen LogP contribution in [-0.2, 0) is 7.05 Å². The van der Waals surface area contributed by atoms with Crippen LogP contribution in [0.15, 0.2) is 35.3 Å². The van der Waals surface area contributed by atoms with E-state index in [1.165, 1.54) is 4.57 Å². The van der Waals surface area contributed by atoms with Gasteiger partial charge in [0.15, 0.2) is 5.82 Å². The van der Waals surface area contributed by atoms with E-state index in [0.29, 0.717) is 40.7 Å². The maximum absolute atomic E-state index is 12.6. The van der Waals surface area contributed by atoms with Crippen molar-refractivity contribution in [1.82, 2.24) is 19.5 Å². The van der Waals surface area contributed by atoms with E-state index >= 15 is 0 Å². The Labute approximate surface area is 199 Å². The molecule has 1 aliphatic rings. The molecular weight excluding hydrogens is 432 g/mol. The maximum Gasteiger partial charge on any atom is 0.349 e. The molecule has 4 heterocycles. The van der Waals surface area contributed by atoms with Crippen LogP contribution < -0.4 is 20.1 Å². The zero-order valence-electron chi connectivity index (χ0n) is 20.2. The van der Waals surface area contributed by atoms with Gasteiger partial charge < -0.3 is 14.4 Å². The lowest BCUT2D eigenvalue weighted by molar-refractivity contribution is 0.0908. The van der Waals surface area contributed by atoms with E-state index < -0.39 is 0 Å². The van der Waals surface area contributed by atoms with Crippen LogP contribution in [0.1, 0.15) is 46.2 Å². The number of piperidine rings is 1. The van der Waals surface area contributed by atoms with Crippen molar-refractivity contribution in [3.8, 4) is 17.7 Å². The van der Waals surface area contributed by atoms with Crippen LogP contribution in [0, 0.1) is 17.2 Å². The van der Waals surface area contributed by atoms with Gasteiger partial charge in [0.2, 0.25) is 5.88 Å². The van der Waals surface area contributed by atoms with Gasteiger partial charge in [-0.25, -0.2) is 14.8 Å². The molecule has 4 rings (SSSR count). The number of rotatable bonds is 6. The van der Waals surface area contributed by atoms with Crippen LogP contribution in [-0.4, -0.2) is 44.3 Å². The van der Waals surface area contributed by atoms with Crippen LogP contribution in [0.2, 0.25) is 0 Å². The van der Waals surface area contributed by atoms with Gasteiger partial charge >= 0.3 is 5.69 Å². The summed E-state index contributed by atoms with van der Waals surface area (Å²) in [4.78, 5) is 28.0. The normalized spacial score (nSPS) is 20.4. The van der Waals surface area contributed by atoms with Gasteiger partial charge in [-0.3, -0.25) is 4.57 Å². The zero-order chi connectivity index (χ0) is 24.4. The first-order valence-corrected chi connectivity index (χ1v) is 11.6. The summed E-state index contributed by atoms with van der Waals surface area (Å²) in [5.74, 6) is 2.00. The molecule has 0 spiro atoms. The van der Waals surface area contributed by atoms with Crippen LogP contribution in [0.4, 0.5) is 5.82 Å². The SMILES string of the molecule is CC[C@@H]1CN(c2nc(=O)n(C)c3ccc(C#N)nc23)[C@H](C)C[C@H]1Oc1ccc(OC(C)C)cn1. The first kappa shape index (κ1) is 23.5. The van der Waals surface area contributed by atoms with E-state index in [1.807, 2.05) is 26.0 Å². The van der Waals surface area contributed by atoms with E-state index in [1.54, 1.807) is 25.4 Å².